The first-order chi connectivity index (χ1) is 8.66. The summed E-state index contributed by atoms with van der Waals surface area (Å²) in [6, 6.07) is 5.82. The fourth-order valence-electron chi connectivity index (χ4n) is 2.01. The first-order valence-electron chi connectivity index (χ1n) is 6.41. The summed E-state index contributed by atoms with van der Waals surface area (Å²) in [6.07, 6.45) is 3.18. The Balaban J connectivity index is 0.00000180. The summed E-state index contributed by atoms with van der Waals surface area (Å²) in [5.41, 5.74) is 4.43. The van der Waals surface area contributed by atoms with Crippen LogP contribution in [-0.2, 0) is 0 Å². The van der Waals surface area contributed by atoms with E-state index in [0.29, 0.717) is 6.54 Å². The summed E-state index contributed by atoms with van der Waals surface area (Å²) in [7, 11) is 0. The number of amides is 1. The molecule has 1 aliphatic rings. The van der Waals surface area contributed by atoms with Crippen molar-refractivity contribution in [2.45, 2.75) is 20.3 Å². The van der Waals surface area contributed by atoms with Crippen LogP contribution in [0.2, 0.25) is 0 Å². The monoisotopic (exact) mass is 280 g/mol. The lowest BCUT2D eigenvalue weighted by molar-refractivity contribution is 0.0956. The van der Waals surface area contributed by atoms with Gasteiger partial charge in [0.2, 0.25) is 0 Å². The minimum absolute atomic E-state index is 0. The highest BCUT2D eigenvalue weighted by Gasteiger charge is 2.08. The molecule has 104 valence electrons. The Kier molecular flexibility index (Phi) is 6.06. The van der Waals surface area contributed by atoms with Gasteiger partial charge in [-0.3, -0.25) is 4.79 Å². The second kappa shape index (κ2) is 7.31. The number of aryl methyl sites for hydroxylation is 2. The van der Waals surface area contributed by atoms with Gasteiger partial charge >= 0.3 is 0 Å². The van der Waals surface area contributed by atoms with Crippen molar-refractivity contribution in [3.63, 3.8) is 0 Å². The third kappa shape index (κ3) is 4.37. The molecule has 2 N–H and O–H groups in total. The molecule has 0 radical (unpaired) electrons. The van der Waals surface area contributed by atoms with Crippen LogP contribution in [0, 0.1) is 13.8 Å². The lowest BCUT2D eigenvalue weighted by atomic mass is 10.1. The molecule has 0 fully saturated rings. The van der Waals surface area contributed by atoms with E-state index < -0.39 is 0 Å². The van der Waals surface area contributed by atoms with E-state index in [4.69, 9.17) is 0 Å². The zero-order valence-electron chi connectivity index (χ0n) is 11.5. The highest BCUT2D eigenvalue weighted by molar-refractivity contribution is 5.94. The molecule has 0 aliphatic carbocycles. The van der Waals surface area contributed by atoms with E-state index in [2.05, 4.69) is 23.6 Å². The van der Waals surface area contributed by atoms with Crippen molar-refractivity contribution in [1.82, 2.24) is 10.6 Å². The Morgan fingerprint density at radius 3 is 2.74 bits per heavy atom. The summed E-state index contributed by atoms with van der Waals surface area (Å²) in [6.45, 7) is 6.66. The quantitative estimate of drug-likeness (QED) is 0.835. The lowest BCUT2D eigenvalue weighted by Gasteiger charge is -2.14. The number of hydrogen-bond donors (Lipinski definition) is 2. The molecule has 2 rings (SSSR count). The molecule has 0 saturated heterocycles. The number of hydrogen-bond acceptors (Lipinski definition) is 2. The summed E-state index contributed by atoms with van der Waals surface area (Å²) in [5.74, 6) is 0.0116. The average molecular weight is 281 g/mol. The van der Waals surface area contributed by atoms with Gasteiger partial charge in [0, 0.05) is 18.7 Å². The van der Waals surface area contributed by atoms with E-state index >= 15 is 0 Å². The van der Waals surface area contributed by atoms with Crippen LogP contribution >= 0.6 is 12.4 Å². The van der Waals surface area contributed by atoms with Crippen LogP contribution < -0.4 is 10.6 Å². The van der Waals surface area contributed by atoms with Crippen LogP contribution in [0.3, 0.4) is 0 Å². The summed E-state index contributed by atoms with van der Waals surface area (Å²) < 4.78 is 0. The third-order valence-corrected chi connectivity index (χ3v) is 3.40. The SMILES string of the molecule is Cc1ccc(C(=O)NCC2=CCNCC2)cc1C.Cl. The Hall–Kier alpha value is -1.32. The number of nitrogens with one attached hydrogen (secondary N) is 2. The highest BCUT2D eigenvalue weighted by Crippen LogP contribution is 2.10. The minimum Gasteiger partial charge on any atom is -0.348 e. The Labute approximate surface area is 120 Å². The number of halogens is 1. The molecule has 0 saturated carbocycles. The van der Waals surface area contributed by atoms with Gasteiger partial charge in [-0.05, 0) is 50.1 Å². The first kappa shape index (κ1) is 15.7. The van der Waals surface area contributed by atoms with Crippen LogP contribution in [0.4, 0.5) is 0 Å². The minimum atomic E-state index is 0. The topological polar surface area (TPSA) is 41.1 Å². The van der Waals surface area contributed by atoms with E-state index in [1.807, 2.05) is 25.1 Å². The van der Waals surface area contributed by atoms with Crippen molar-refractivity contribution >= 4 is 18.3 Å². The van der Waals surface area contributed by atoms with Gasteiger partial charge in [0.1, 0.15) is 0 Å². The van der Waals surface area contributed by atoms with Crippen molar-refractivity contribution in [1.29, 1.82) is 0 Å². The normalized spacial score (nSPS) is 14.3. The van der Waals surface area contributed by atoms with Crippen LogP contribution in [-0.4, -0.2) is 25.5 Å². The summed E-state index contributed by atoms with van der Waals surface area (Å²) in [4.78, 5) is 12.0. The fourth-order valence-corrected chi connectivity index (χ4v) is 2.01. The molecule has 4 heteroatoms. The van der Waals surface area contributed by atoms with Crippen LogP contribution in [0.15, 0.2) is 29.8 Å². The number of benzene rings is 1. The molecular formula is C15H21ClN2O. The molecule has 0 spiro atoms. The van der Waals surface area contributed by atoms with E-state index in [9.17, 15) is 4.79 Å². The molecule has 1 aromatic carbocycles. The third-order valence-electron chi connectivity index (χ3n) is 3.40. The smallest absolute Gasteiger partial charge is 0.251 e. The van der Waals surface area contributed by atoms with Crippen LogP contribution in [0.5, 0.6) is 0 Å². The second-order valence-electron chi connectivity index (χ2n) is 4.80. The standard InChI is InChI=1S/C15H20N2O.ClH/c1-11-3-4-14(9-12(11)2)15(18)17-10-13-5-7-16-8-6-13;/h3-5,9,16H,6-8,10H2,1-2H3,(H,17,18);1H. The first-order valence-corrected chi connectivity index (χ1v) is 6.41. The molecule has 1 aromatic rings. The van der Waals surface area contributed by atoms with Gasteiger partial charge in [0.25, 0.3) is 5.91 Å². The molecule has 3 nitrogen and oxygen atoms in total. The van der Waals surface area contributed by atoms with Gasteiger partial charge in [-0.15, -0.1) is 12.4 Å². The van der Waals surface area contributed by atoms with Crippen molar-refractivity contribution in [2.24, 2.45) is 0 Å². The van der Waals surface area contributed by atoms with E-state index in [1.165, 1.54) is 11.1 Å². The fraction of sp³-hybridized carbons (Fsp3) is 0.400. The van der Waals surface area contributed by atoms with Crippen molar-refractivity contribution in [3.8, 4) is 0 Å². The molecule has 0 bridgehead atoms. The maximum atomic E-state index is 12.0. The maximum absolute atomic E-state index is 12.0. The van der Waals surface area contributed by atoms with E-state index in [-0.39, 0.29) is 18.3 Å². The molecule has 1 amide bonds. The van der Waals surface area contributed by atoms with Gasteiger partial charge < -0.3 is 10.6 Å². The van der Waals surface area contributed by atoms with Crippen LogP contribution in [0.25, 0.3) is 0 Å². The summed E-state index contributed by atoms with van der Waals surface area (Å²) in [5, 5.41) is 6.24. The van der Waals surface area contributed by atoms with Gasteiger partial charge in [-0.2, -0.15) is 0 Å². The molecular weight excluding hydrogens is 260 g/mol. The number of carbonyl (C=O) groups is 1. The Bertz CT molecular complexity index is 483. The largest absolute Gasteiger partial charge is 0.348 e. The predicted molar refractivity (Wildman–Crippen MR) is 81.1 cm³/mol. The zero-order valence-corrected chi connectivity index (χ0v) is 12.3. The van der Waals surface area contributed by atoms with Gasteiger partial charge in [0.05, 0.1) is 0 Å². The highest BCUT2D eigenvalue weighted by atomic mass is 35.5. The molecule has 1 heterocycles. The number of rotatable bonds is 3. The summed E-state index contributed by atoms with van der Waals surface area (Å²) >= 11 is 0. The second-order valence-corrected chi connectivity index (χ2v) is 4.80. The lowest BCUT2D eigenvalue weighted by Crippen LogP contribution is -2.29. The molecule has 0 unspecified atom stereocenters. The van der Waals surface area contributed by atoms with E-state index in [0.717, 1.165) is 30.6 Å². The van der Waals surface area contributed by atoms with E-state index in [1.54, 1.807) is 0 Å². The molecule has 19 heavy (non-hydrogen) atoms. The molecule has 1 aliphatic heterocycles. The maximum Gasteiger partial charge on any atom is 0.251 e. The Morgan fingerprint density at radius 1 is 1.32 bits per heavy atom. The zero-order chi connectivity index (χ0) is 13.0. The number of carbonyl (C=O) groups excluding carboxylic acids is 1. The van der Waals surface area contributed by atoms with Gasteiger partial charge in [-0.25, -0.2) is 0 Å². The van der Waals surface area contributed by atoms with Crippen molar-refractivity contribution < 1.29 is 4.79 Å². The van der Waals surface area contributed by atoms with Crippen LogP contribution in [0.1, 0.15) is 27.9 Å². The van der Waals surface area contributed by atoms with Crippen molar-refractivity contribution in [2.75, 3.05) is 19.6 Å². The average Bonchev–Trinajstić information content (AvgIpc) is 2.40. The van der Waals surface area contributed by atoms with Crippen molar-refractivity contribution in [3.05, 3.63) is 46.5 Å². The molecule has 0 atom stereocenters. The Morgan fingerprint density at radius 2 is 2.11 bits per heavy atom. The predicted octanol–water partition coefficient (Wildman–Crippen LogP) is 2.37. The molecule has 0 aromatic heterocycles. The van der Waals surface area contributed by atoms with Gasteiger partial charge in [-0.1, -0.05) is 17.7 Å². The van der Waals surface area contributed by atoms with Gasteiger partial charge in [0.15, 0.2) is 0 Å².